The largest absolute Gasteiger partial charge is 0.357 e. The maximum absolute atomic E-state index is 12.6. The summed E-state index contributed by atoms with van der Waals surface area (Å²) in [5, 5.41) is 4.30. The molecule has 2 amide bonds. The highest BCUT2D eigenvalue weighted by molar-refractivity contribution is 5.80. The number of urea groups is 1. The van der Waals surface area contributed by atoms with Gasteiger partial charge in [0.2, 0.25) is 0 Å². The lowest BCUT2D eigenvalue weighted by Gasteiger charge is -2.33. The van der Waals surface area contributed by atoms with Crippen molar-refractivity contribution >= 4 is 16.9 Å². The summed E-state index contributed by atoms with van der Waals surface area (Å²) in [6, 6.07) is 11.2. The van der Waals surface area contributed by atoms with Crippen LogP contribution in [0, 0.1) is 11.8 Å². The molecular formula is C20H26N4O. The number of likely N-dealkylation sites (tertiary alicyclic amines) is 1. The van der Waals surface area contributed by atoms with E-state index in [1.807, 2.05) is 17.0 Å². The number of aromatic amines is 1. The van der Waals surface area contributed by atoms with Crippen molar-refractivity contribution < 1.29 is 4.79 Å². The normalized spacial score (nSPS) is 29.0. The summed E-state index contributed by atoms with van der Waals surface area (Å²) in [5.74, 6) is 1.38. The number of nitrogens with zero attached hydrogens (tertiary/aromatic N) is 2. The van der Waals surface area contributed by atoms with Crippen LogP contribution in [0.1, 0.15) is 25.0 Å². The first kappa shape index (κ1) is 15.3. The number of nitrogens with one attached hydrogen (secondary N) is 2. The van der Waals surface area contributed by atoms with Gasteiger partial charge in [-0.1, -0.05) is 24.6 Å². The lowest BCUT2D eigenvalue weighted by molar-refractivity contribution is 0.154. The fourth-order valence-corrected chi connectivity index (χ4v) is 5.23. The summed E-state index contributed by atoms with van der Waals surface area (Å²) < 4.78 is 0. The molecule has 0 unspecified atom stereocenters. The molecule has 0 radical (unpaired) electrons. The first-order valence-electron chi connectivity index (χ1n) is 9.61. The fourth-order valence-electron chi connectivity index (χ4n) is 5.23. The lowest BCUT2D eigenvalue weighted by atomic mass is 9.90. The number of piperidine rings is 1. The summed E-state index contributed by atoms with van der Waals surface area (Å²) in [6.07, 6.45) is 4.04. The number of hydrogen-bond donors (Lipinski definition) is 2. The van der Waals surface area contributed by atoms with Gasteiger partial charge in [-0.05, 0) is 48.7 Å². The Bertz CT molecular complexity index is 752. The average Bonchev–Trinajstić information content (AvgIpc) is 3.31. The summed E-state index contributed by atoms with van der Waals surface area (Å²) in [5.41, 5.74) is 2.19. The summed E-state index contributed by atoms with van der Waals surface area (Å²) in [4.78, 5) is 20.7. The highest BCUT2D eigenvalue weighted by atomic mass is 16.2. The van der Waals surface area contributed by atoms with Crippen LogP contribution in [0.15, 0.2) is 30.3 Å². The van der Waals surface area contributed by atoms with E-state index in [9.17, 15) is 4.79 Å². The second-order valence-electron chi connectivity index (χ2n) is 7.93. The van der Waals surface area contributed by atoms with Crippen LogP contribution in [0.25, 0.3) is 10.9 Å². The van der Waals surface area contributed by atoms with Crippen LogP contribution in [0.5, 0.6) is 0 Å². The second kappa shape index (κ2) is 6.06. The Hall–Kier alpha value is -2.01. The van der Waals surface area contributed by atoms with Crippen molar-refractivity contribution in [2.24, 2.45) is 11.8 Å². The van der Waals surface area contributed by atoms with Gasteiger partial charge in [-0.25, -0.2) is 4.79 Å². The number of benzene rings is 1. The van der Waals surface area contributed by atoms with Crippen LogP contribution >= 0.6 is 0 Å². The number of fused-ring (bicyclic) bond motifs is 4. The predicted octanol–water partition coefficient (Wildman–Crippen LogP) is 2.79. The molecule has 0 aliphatic carbocycles. The minimum absolute atomic E-state index is 0.0930. The Balaban J connectivity index is 1.20. The van der Waals surface area contributed by atoms with Crippen LogP contribution in [0.3, 0.4) is 0 Å². The number of carbonyl (C=O) groups is 1. The van der Waals surface area contributed by atoms with Gasteiger partial charge in [0.25, 0.3) is 0 Å². The number of carbonyl (C=O) groups excluding carboxylic acids is 1. The number of rotatable bonds is 2. The summed E-state index contributed by atoms with van der Waals surface area (Å²) >= 11 is 0. The molecular weight excluding hydrogens is 312 g/mol. The summed E-state index contributed by atoms with van der Waals surface area (Å²) in [7, 11) is 0. The van der Waals surface area contributed by atoms with Crippen molar-refractivity contribution in [3.63, 3.8) is 0 Å². The SMILES string of the molecule is O=C(NCc1cc2ccccc2[nH]1)N1C[C@@H]2CN3CCCC[C@H]3[C@H]2C1. The number of para-hydroxylation sites is 1. The molecule has 4 heterocycles. The Morgan fingerprint density at radius 2 is 2.12 bits per heavy atom. The maximum Gasteiger partial charge on any atom is 0.317 e. The zero-order valence-electron chi connectivity index (χ0n) is 14.6. The van der Waals surface area contributed by atoms with Gasteiger partial charge in [0, 0.05) is 36.9 Å². The van der Waals surface area contributed by atoms with E-state index < -0.39 is 0 Å². The van der Waals surface area contributed by atoms with E-state index >= 15 is 0 Å². The van der Waals surface area contributed by atoms with Crippen molar-refractivity contribution in [3.05, 3.63) is 36.0 Å². The number of amides is 2. The Morgan fingerprint density at radius 3 is 3.04 bits per heavy atom. The number of hydrogen-bond acceptors (Lipinski definition) is 2. The molecule has 0 bridgehead atoms. The van der Waals surface area contributed by atoms with Gasteiger partial charge in [0.1, 0.15) is 0 Å². The van der Waals surface area contributed by atoms with E-state index in [4.69, 9.17) is 0 Å². The van der Waals surface area contributed by atoms with Gasteiger partial charge in [-0.3, -0.25) is 4.90 Å². The van der Waals surface area contributed by atoms with E-state index in [1.54, 1.807) is 0 Å². The van der Waals surface area contributed by atoms with Gasteiger partial charge >= 0.3 is 6.03 Å². The Labute approximate surface area is 148 Å². The molecule has 3 aliphatic heterocycles. The Morgan fingerprint density at radius 1 is 1.20 bits per heavy atom. The lowest BCUT2D eigenvalue weighted by Crippen LogP contribution is -2.43. The average molecular weight is 338 g/mol. The monoisotopic (exact) mass is 338 g/mol. The van der Waals surface area contributed by atoms with E-state index in [-0.39, 0.29) is 6.03 Å². The van der Waals surface area contributed by atoms with Crippen molar-refractivity contribution in [2.75, 3.05) is 26.2 Å². The molecule has 3 aliphatic rings. The third kappa shape index (κ3) is 2.71. The van der Waals surface area contributed by atoms with Crippen molar-refractivity contribution in [2.45, 2.75) is 31.8 Å². The first-order valence-corrected chi connectivity index (χ1v) is 9.61. The molecule has 0 saturated carbocycles. The molecule has 5 nitrogen and oxygen atoms in total. The highest BCUT2D eigenvalue weighted by Gasteiger charge is 2.48. The fraction of sp³-hybridized carbons (Fsp3) is 0.550. The van der Waals surface area contributed by atoms with E-state index in [2.05, 4.69) is 33.4 Å². The maximum atomic E-state index is 12.6. The molecule has 3 saturated heterocycles. The minimum Gasteiger partial charge on any atom is -0.357 e. The summed E-state index contributed by atoms with van der Waals surface area (Å²) in [6.45, 7) is 4.89. The first-order chi connectivity index (χ1) is 12.3. The van der Waals surface area contributed by atoms with E-state index in [0.717, 1.165) is 30.3 Å². The zero-order chi connectivity index (χ0) is 16.8. The molecule has 132 valence electrons. The van der Waals surface area contributed by atoms with Gasteiger partial charge in [0.15, 0.2) is 0 Å². The highest BCUT2D eigenvalue weighted by Crippen LogP contribution is 2.40. The number of aromatic nitrogens is 1. The van der Waals surface area contributed by atoms with Crippen molar-refractivity contribution in [1.29, 1.82) is 0 Å². The third-order valence-corrected chi connectivity index (χ3v) is 6.42. The van der Waals surface area contributed by atoms with Crippen LogP contribution in [0.4, 0.5) is 4.79 Å². The van der Waals surface area contributed by atoms with Crippen LogP contribution in [-0.4, -0.2) is 53.0 Å². The van der Waals surface area contributed by atoms with E-state index in [0.29, 0.717) is 18.4 Å². The smallest absolute Gasteiger partial charge is 0.317 e. The molecule has 0 spiro atoms. The molecule has 2 N–H and O–H groups in total. The standard InChI is InChI=1S/C20H26N4O/c25-20(21-10-16-9-14-5-1-2-6-18(14)22-16)24-12-15-11-23-8-4-3-7-19(23)17(15)13-24/h1-2,5-6,9,15,17,19,22H,3-4,7-8,10-13H2,(H,21,25)/t15-,17-,19-/m0/s1. The zero-order valence-corrected chi connectivity index (χ0v) is 14.6. The minimum atomic E-state index is 0.0930. The molecule has 1 aromatic carbocycles. The Kier molecular flexibility index (Phi) is 3.70. The van der Waals surface area contributed by atoms with Gasteiger partial charge < -0.3 is 15.2 Å². The predicted molar refractivity (Wildman–Crippen MR) is 98.3 cm³/mol. The third-order valence-electron chi connectivity index (χ3n) is 6.42. The van der Waals surface area contributed by atoms with Gasteiger partial charge in [-0.15, -0.1) is 0 Å². The molecule has 5 rings (SSSR count). The van der Waals surface area contributed by atoms with Crippen molar-refractivity contribution in [3.8, 4) is 0 Å². The molecule has 1 aromatic heterocycles. The molecule has 3 fully saturated rings. The van der Waals surface area contributed by atoms with Gasteiger partial charge in [-0.2, -0.15) is 0 Å². The van der Waals surface area contributed by atoms with Gasteiger partial charge in [0.05, 0.1) is 6.54 Å². The molecule has 25 heavy (non-hydrogen) atoms. The molecule has 3 atom stereocenters. The topological polar surface area (TPSA) is 51.4 Å². The van der Waals surface area contributed by atoms with E-state index in [1.165, 1.54) is 37.7 Å². The van der Waals surface area contributed by atoms with Crippen LogP contribution in [-0.2, 0) is 6.54 Å². The van der Waals surface area contributed by atoms with Crippen LogP contribution < -0.4 is 5.32 Å². The van der Waals surface area contributed by atoms with Crippen molar-refractivity contribution in [1.82, 2.24) is 20.1 Å². The molecule has 5 heteroatoms. The molecule has 2 aromatic rings. The number of H-pyrrole nitrogens is 1. The van der Waals surface area contributed by atoms with Crippen LogP contribution in [0.2, 0.25) is 0 Å². The quantitative estimate of drug-likeness (QED) is 0.885. The second-order valence-corrected chi connectivity index (χ2v) is 7.93.